The van der Waals surface area contributed by atoms with E-state index in [4.69, 9.17) is 0 Å². The van der Waals surface area contributed by atoms with Crippen LogP contribution in [-0.2, 0) is 0 Å². The van der Waals surface area contributed by atoms with Crippen molar-refractivity contribution in [2.45, 2.75) is 116 Å². The average molecular weight is 331 g/mol. The summed E-state index contributed by atoms with van der Waals surface area (Å²) in [6, 6.07) is 0. The van der Waals surface area contributed by atoms with Gasteiger partial charge in [-0.2, -0.15) is 0 Å². The van der Waals surface area contributed by atoms with Crippen LogP contribution in [0.2, 0.25) is 0 Å². The molecule has 2 aliphatic rings. The van der Waals surface area contributed by atoms with Gasteiger partial charge >= 0.3 is 0 Å². The second kappa shape index (κ2) is 13.7. The highest BCUT2D eigenvalue weighted by Gasteiger charge is 2.16. The Kier molecular flexibility index (Phi) is 11.3. The molecule has 0 N–H and O–H groups in total. The van der Waals surface area contributed by atoms with Crippen LogP contribution in [0.3, 0.4) is 0 Å². The van der Waals surface area contributed by atoms with Crippen molar-refractivity contribution >= 4 is 0 Å². The number of hydrogen-bond acceptors (Lipinski definition) is 0. The zero-order valence-electron chi connectivity index (χ0n) is 16.2. The fourth-order valence-corrected chi connectivity index (χ4v) is 4.50. The maximum atomic E-state index is 2.61. The lowest BCUT2D eigenvalue weighted by Gasteiger charge is -2.23. The molecule has 0 nitrogen and oxygen atoms in total. The summed E-state index contributed by atoms with van der Waals surface area (Å²) in [5, 5.41) is 0. The van der Waals surface area contributed by atoms with Gasteiger partial charge in [0.05, 0.1) is 0 Å². The molecular formula is C24H42. The normalized spacial score (nSPS) is 31.0. The van der Waals surface area contributed by atoms with E-state index in [-0.39, 0.29) is 0 Å². The molecule has 0 aliphatic heterocycles. The molecule has 2 atom stereocenters. The van der Waals surface area contributed by atoms with Crippen molar-refractivity contribution in [3.8, 4) is 0 Å². The quantitative estimate of drug-likeness (QED) is 0.423. The van der Waals surface area contributed by atoms with Gasteiger partial charge < -0.3 is 0 Å². The average Bonchev–Trinajstić information content (AvgIpc) is 2.56. The molecule has 0 bridgehead atoms. The third-order valence-electron chi connectivity index (χ3n) is 6.13. The van der Waals surface area contributed by atoms with Crippen LogP contribution < -0.4 is 0 Å². The first-order chi connectivity index (χ1) is 12.0. The molecule has 0 saturated carbocycles. The van der Waals surface area contributed by atoms with Crippen molar-refractivity contribution < 1.29 is 0 Å². The van der Waals surface area contributed by atoms with Gasteiger partial charge in [-0.05, 0) is 50.4 Å². The first-order valence-corrected chi connectivity index (χ1v) is 11.3. The Labute approximate surface area is 152 Å². The number of hydrogen-bond donors (Lipinski definition) is 0. The minimum Gasteiger partial charge on any atom is -0.0882 e. The zero-order valence-corrected chi connectivity index (χ0v) is 16.2. The highest BCUT2D eigenvalue weighted by Crippen LogP contribution is 2.29. The molecule has 0 saturated heterocycles. The van der Waals surface area contributed by atoms with E-state index in [2.05, 4.69) is 24.3 Å². The van der Waals surface area contributed by atoms with Crippen molar-refractivity contribution in [1.82, 2.24) is 0 Å². The van der Waals surface area contributed by atoms with Crippen molar-refractivity contribution in [1.29, 1.82) is 0 Å². The Hall–Kier alpha value is -0.520. The Morgan fingerprint density at radius 2 is 0.708 bits per heavy atom. The minimum atomic E-state index is 0.809. The SMILES string of the molecule is C1=C[C@H]([C@H]2/C=C/CCCCCCCCC2)CCCCCCCCC1. The summed E-state index contributed by atoms with van der Waals surface area (Å²) in [7, 11) is 0. The molecule has 0 heteroatoms. The number of rotatable bonds is 1. The van der Waals surface area contributed by atoms with Gasteiger partial charge in [0.2, 0.25) is 0 Å². The smallest absolute Gasteiger partial charge is 0.0171 e. The summed E-state index contributed by atoms with van der Waals surface area (Å²) in [6.07, 6.45) is 36.0. The molecular weight excluding hydrogens is 288 g/mol. The molecule has 2 aliphatic carbocycles. The lowest BCUT2D eigenvalue weighted by Crippen LogP contribution is -2.11. The molecule has 0 fully saturated rings. The van der Waals surface area contributed by atoms with Gasteiger partial charge in [0.1, 0.15) is 0 Å². The van der Waals surface area contributed by atoms with Crippen molar-refractivity contribution in [2.75, 3.05) is 0 Å². The topological polar surface area (TPSA) is 0 Å². The Bertz CT molecular complexity index is 304. The van der Waals surface area contributed by atoms with E-state index < -0.39 is 0 Å². The second-order valence-electron chi connectivity index (χ2n) is 8.29. The lowest BCUT2D eigenvalue weighted by molar-refractivity contribution is 0.382. The van der Waals surface area contributed by atoms with Crippen molar-refractivity contribution in [2.24, 2.45) is 11.8 Å². The first-order valence-electron chi connectivity index (χ1n) is 11.3. The van der Waals surface area contributed by atoms with Gasteiger partial charge in [-0.1, -0.05) is 101 Å². The Balaban J connectivity index is 1.93. The largest absolute Gasteiger partial charge is 0.0882 e. The summed E-state index contributed by atoms with van der Waals surface area (Å²) in [4.78, 5) is 0. The third-order valence-corrected chi connectivity index (χ3v) is 6.13. The summed E-state index contributed by atoms with van der Waals surface area (Å²) >= 11 is 0. The minimum absolute atomic E-state index is 0.809. The highest BCUT2D eigenvalue weighted by atomic mass is 14.2. The van der Waals surface area contributed by atoms with Crippen LogP contribution in [0.4, 0.5) is 0 Å². The van der Waals surface area contributed by atoms with Crippen LogP contribution in [0.5, 0.6) is 0 Å². The Morgan fingerprint density at radius 3 is 1.12 bits per heavy atom. The zero-order chi connectivity index (χ0) is 16.7. The van der Waals surface area contributed by atoms with Crippen molar-refractivity contribution in [3.05, 3.63) is 24.3 Å². The number of allylic oxidation sites excluding steroid dienone is 4. The second-order valence-corrected chi connectivity index (χ2v) is 8.29. The lowest BCUT2D eigenvalue weighted by atomic mass is 9.82. The van der Waals surface area contributed by atoms with Crippen LogP contribution in [0, 0.1) is 11.8 Å². The molecule has 0 aromatic rings. The van der Waals surface area contributed by atoms with E-state index in [1.54, 1.807) is 0 Å². The Morgan fingerprint density at radius 1 is 0.375 bits per heavy atom. The molecule has 2 rings (SSSR count). The molecule has 24 heavy (non-hydrogen) atoms. The van der Waals surface area contributed by atoms with E-state index >= 15 is 0 Å². The first kappa shape index (κ1) is 19.8. The summed E-state index contributed by atoms with van der Waals surface area (Å²) in [5.74, 6) is 1.62. The fourth-order valence-electron chi connectivity index (χ4n) is 4.50. The maximum Gasteiger partial charge on any atom is -0.0171 e. The van der Waals surface area contributed by atoms with Gasteiger partial charge in [0.15, 0.2) is 0 Å². The van der Waals surface area contributed by atoms with Crippen molar-refractivity contribution in [3.63, 3.8) is 0 Å². The fraction of sp³-hybridized carbons (Fsp3) is 0.833. The molecule has 0 unspecified atom stereocenters. The molecule has 138 valence electrons. The van der Waals surface area contributed by atoms with Crippen LogP contribution >= 0.6 is 0 Å². The highest BCUT2D eigenvalue weighted by molar-refractivity contribution is 5.00. The molecule has 0 spiro atoms. The van der Waals surface area contributed by atoms with Gasteiger partial charge in [-0.3, -0.25) is 0 Å². The molecule has 0 aromatic carbocycles. The maximum absolute atomic E-state index is 2.61. The molecule has 0 amide bonds. The molecule has 0 radical (unpaired) electrons. The van der Waals surface area contributed by atoms with E-state index in [1.165, 1.54) is 116 Å². The summed E-state index contributed by atoms with van der Waals surface area (Å²) < 4.78 is 0. The van der Waals surface area contributed by atoms with Crippen LogP contribution in [0.15, 0.2) is 24.3 Å². The summed E-state index contributed by atoms with van der Waals surface area (Å²) in [6.45, 7) is 0. The summed E-state index contributed by atoms with van der Waals surface area (Å²) in [5.41, 5.74) is 0. The van der Waals surface area contributed by atoms with Crippen LogP contribution in [-0.4, -0.2) is 0 Å². The molecule has 0 heterocycles. The van der Waals surface area contributed by atoms with Crippen LogP contribution in [0.1, 0.15) is 116 Å². The van der Waals surface area contributed by atoms with E-state index in [1.807, 2.05) is 0 Å². The monoisotopic (exact) mass is 330 g/mol. The molecule has 0 aromatic heterocycles. The predicted octanol–water partition coefficient (Wildman–Crippen LogP) is 8.38. The predicted molar refractivity (Wildman–Crippen MR) is 108 cm³/mol. The third kappa shape index (κ3) is 9.09. The van der Waals surface area contributed by atoms with E-state index in [0.717, 1.165) is 11.8 Å². The van der Waals surface area contributed by atoms with Crippen LogP contribution in [0.25, 0.3) is 0 Å². The van der Waals surface area contributed by atoms with E-state index in [0.29, 0.717) is 0 Å². The van der Waals surface area contributed by atoms with Gasteiger partial charge in [0.25, 0.3) is 0 Å². The van der Waals surface area contributed by atoms with Gasteiger partial charge in [-0.15, -0.1) is 0 Å². The van der Waals surface area contributed by atoms with E-state index in [9.17, 15) is 0 Å². The standard InChI is InChI=1S/C24H42/c1-3-7-11-15-19-23(20-16-12-8-4-1)24-21-17-13-9-5-2-6-10-14-18-22-24/h15,17,19,21,23-24H,1-14,16,18,20,22H2/b19-15+,21-17?/t23-,24-/m0/s1. The van der Waals surface area contributed by atoms with Gasteiger partial charge in [-0.25, -0.2) is 0 Å². The van der Waals surface area contributed by atoms with Gasteiger partial charge in [0, 0.05) is 0 Å².